The van der Waals surface area contributed by atoms with E-state index in [2.05, 4.69) is 5.32 Å². The number of hydrogen-bond acceptors (Lipinski definition) is 2. The second kappa shape index (κ2) is 4.94. The van der Waals surface area contributed by atoms with E-state index in [1.54, 1.807) is 0 Å². The van der Waals surface area contributed by atoms with Crippen molar-refractivity contribution in [1.29, 1.82) is 0 Å². The maximum atomic E-state index is 13.9. The van der Waals surface area contributed by atoms with Crippen LogP contribution >= 0.6 is 11.8 Å². The smallest absolute Gasteiger partial charge is 0.137 e. The zero-order valence-corrected chi connectivity index (χ0v) is 11.1. The maximum Gasteiger partial charge on any atom is 0.137 e. The van der Waals surface area contributed by atoms with Crippen LogP contribution in [0.4, 0.5) is 8.78 Å². The van der Waals surface area contributed by atoms with Gasteiger partial charge in [0.1, 0.15) is 11.6 Å². The van der Waals surface area contributed by atoms with E-state index in [9.17, 15) is 8.78 Å². The third-order valence-corrected chi connectivity index (χ3v) is 4.11. The van der Waals surface area contributed by atoms with Gasteiger partial charge in [-0.25, -0.2) is 8.78 Å². The summed E-state index contributed by atoms with van der Waals surface area (Å²) in [5.41, 5.74) is 0.502. The van der Waals surface area contributed by atoms with Gasteiger partial charge in [-0.15, -0.1) is 11.8 Å². The van der Waals surface area contributed by atoms with Gasteiger partial charge < -0.3 is 5.32 Å². The molecule has 4 heteroatoms. The monoisotopic (exact) mass is 257 g/mol. The third-order valence-electron chi connectivity index (χ3n) is 2.86. The quantitative estimate of drug-likeness (QED) is 0.862. The summed E-state index contributed by atoms with van der Waals surface area (Å²) in [5, 5.41) is 3.62. The molecule has 1 N–H and O–H groups in total. The molecule has 1 heterocycles. The first-order chi connectivity index (χ1) is 7.99. The van der Waals surface area contributed by atoms with E-state index in [0.29, 0.717) is 15.7 Å². The molecule has 0 amide bonds. The molecular weight excluding hydrogens is 240 g/mol. The number of hydrogen-bond donors (Lipinski definition) is 1. The average Bonchev–Trinajstić information content (AvgIpc) is 2.22. The molecule has 0 bridgehead atoms. The van der Waals surface area contributed by atoms with Gasteiger partial charge in [0, 0.05) is 22.9 Å². The van der Waals surface area contributed by atoms with Crippen LogP contribution in [-0.4, -0.2) is 11.3 Å². The Kier molecular flexibility index (Phi) is 3.73. The number of fused-ring (bicyclic) bond motifs is 1. The summed E-state index contributed by atoms with van der Waals surface area (Å²) in [4.78, 5) is 0.474. The zero-order valence-electron chi connectivity index (χ0n) is 10.3. The maximum absolute atomic E-state index is 13.9. The van der Waals surface area contributed by atoms with Crippen LogP contribution in [0, 0.1) is 11.6 Å². The van der Waals surface area contributed by atoms with Gasteiger partial charge in [0.25, 0.3) is 0 Å². The highest BCUT2D eigenvalue weighted by atomic mass is 32.2. The normalized spacial score (nSPS) is 23.9. The van der Waals surface area contributed by atoms with Crippen LogP contribution in [-0.2, 0) is 0 Å². The van der Waals surface area contributed by atoms with Crippen LogP contribution < -0.4 is 5.32 Å². The van der Waals surface area contributed by atoms with E-state index in [1.807, 2.05) is 20.8 Å². The van der Waals surface area contributed by atoms with Gasteiger partial charge in [-0.1, -0.05) is 20.8 Å². The summed E-state index contributed by atoms with van der Waals surface area (Å²) < 4.78 is 27.6. The van der Waals surface area contributed by atoms with Crippen molar-refractivity contribution < 1.29 is 8.78 Å². The van der Waals surface area contributed by atoms with E-state index < -0.39 is 0 Å². The molecule has 1 nitrogen and oxygen atoms in total. The van der Waals surface area contributed by atoms with Gasteiger partial charge in [0.15, 0.2) is 0 Å². The number of nitrogens with one attached hydrogen (secondary N) is 1. The highest BCUT2D eigenvalue weighted by Gasteiger charge is 2.30. The van der Waals surface area contributed by atoms with Crippen LogP contribution in [0.15, 0.2) is 17.0 Å². The van der Waals surface area contributed by atoms with E-state index in [-0.39, 0.29) is 23.7 Å². The van der Waals surface area contributed by atoms with Crippen LogP contribution in [0.3, 0.4) is 0 Å². The van der Waals surface area contributed by atoms with Gasteiger partial charge in [0.2, 0.25) is 0 Å². The molecule has 2 atom stereocenters. The molecular formula is C13H17F2NS. The van der Waals surface area contributed by atoms with Crippen molar-refractivity contribution >= 4 is 11.8 Å². The Hall–Kier alpha value is -0.610. The van der Waals surface area contributed by atoms with Crippen molar-refractivity contribution in [2.75, 3.05) is 0 Å². The van der Waals surface area contributed by atoms with E-state index in [0.717, 1.165) is 6.42 Å². The minimum absolute atomic E-state index is 0.0862. The van der Waals surface area contributed by atoms with Crippen molar-refractivity contribution in [3.05, 3.63) is 29.3 Å². The largest absolute Gasteiger partial charge is 0.308 e. The van der Waals surface area contributed by atoms with Gasteiger partial charge >= 0.3 is 0 Å². The first-order valence-electron chi connectivity index (χ1n) is 5.89. The van der Waals surface area contributed by atoms with Crippen LogP contribution in [0.25, 0.3) is 0 Å². The summed E-state index contributed by atoms with van der Waals surface area (Å²) in [6.07, 6.45) is 0.830. The molecule has 0 fully saturated rings. The molecule has 0 aliphatic carbocycles. The van der Waals surface area contributed by atoms with Crippen molar-refractivity contribution in [2.45, 2.75) is 49.4 Å². The highest BCUT2D eigenvalue weighted by molar-refractivity contribution is 8.00. The lowest BCUT2D eigenvalue weighted by atomic mass is 9.99. The summed E-state index contributed by atoms with van der Waals surface area (Å²) in [6.45, 7) is 6.08. The fourth-order valence-electron chi connectivity index (χ4n) is 2.25. The molecule has 0 saturated heterocycles. The standard InChI is InChI=1S/C13H17F2NS/c1-7(2)16-11-6-8(3)17-13-10(15)5-4-9(14)12(11)13/h4-5,7-8,11,16H,6H2,1-3H3. The minimum atomic E-state index is -0.312. The average molecular weight is 257 g/mol. The molecule has 0 saturated carbocycles. The van der Waals surface area contributed by atoms with E-state index >= 15 is 0 Å². The Labute approximate surface area is 105 Å². The van der Waals surface area contributed by atoms with Crippen LogP contribution in [0.1, 0.15) is 38.8 Å². The molecule has 2 rings (SSSR count). The van der Waals surface area contributed by atoms with Gasteiger partial charge in [0.05, 0.1) is 4.90 Å². The molecule has 1 aliphatic heterocycles. The molecule has 1 aliphatic rings. The second-order valence-electron chi connectivity index (χ2n) is 4.81. The fourth-order valence-corrected chi connectivity index (χ4v) is 3.48. The van der Waals surface area contributed by atoms with Gasteiger partial charge in [-0.05, 0) is 18.6 Å². The first-order valence-corrected chi connectivity index (χ1v) is 6.77. The molecule has 1 aromatic rings. The lowest BCUT2D eigenvalue weighted by Crippen LogP contribution is -2.33. The van der Waals surface area contributed by atoms with E-state index in [4.69, 9.17) is 0 Å². The lowest BCUT2D eigenvalue weighted by Gasteiger charge is -2.31. The predicted octanol–water partition coefficient (Wildman–Crippen LogP) is 3.89. The predicted molar refractivity (Wildman–Crippen MR) is 67.3 cm³/mol. The van der Waals surface area contributed by atoms with Crippen LogP contribution in [0.5, 0.6) is 0 Å². The molecule has 0 spiro atoms. The Bertz CT molecular complexity index is 420. The topological polar surface area (TPSA) is 12.0 Å². The molecule has 0 radical (unpaired) electrons. The first kappa shape index (κ1) is 12.8. The number of halogens is 2. The van der Waals surface area contributed by atoms with E-state index in [1.165, 1.54) is 23.9 Å². The van der Waals surface area contributed by atoms with Crippen LogP contribution in [0.2, 0.25) is 0 Å². The fraction of sp³-hybridized carbons (Fsp3) is 0.538. The number of rotatable bonds is 2. The Morgan fingerprint density at radius 3 is 2.59 bits per heavy atom. The Morgan fingerprint density at radius 1 is 1.29 bits per heavy atom. The summed E-state index contributed by atoms with van der Waals surface area (Å²) >= 11 is 1.43. The summed E-state index contributed by atoms with van der Waals surface area (Å²) in [7, 11) is 0. The zero-order chi connectivity index (χ0) is 12.6. The minimum Gasteiger partial charge on any atom is -0.308 e. The van der Waals surface area contributed by atoms with Crippen molar-refractivity contribution in [3.8, 4) is 0 Å². The number of benzene rings is 1. The highest BCUT2D eigenvalue weighted by Crippen LogP contribution is 2.43. The molecule has 0 aromatic heterocycles. The third kappa shape index (κ3) is 2.63. The molecule has 17 heavy (non-hydrogen) atoms. The van der Waals surface area contributed by atoms with Crippen molar-refractivity contribution in [2.24, 2.45) is 0 Å². The molecule has 94 valence electrons. The van der Waals surface area contributed by atoms with Gasteiger partial charge in [-0.2, -0.15) is 0 Å². The number of thioether (sulfide) groups is 1. The summed E-state index contributed by atoms with van der Waals surface area (Å²) in [6, 6.07) is 2.61. The SMILES string of the molecule is CC(C)NC1CC(C)Sc2c(F)ccc(F)c21. The lowest BCUT2D eigenvalue weighted by molar-refractivity contribution is 0.416. The van der Waals surface area contributed by atoms with Crippen molar-refractivity contribution in [1.82, 2.24) is 5.32 Å². The molecule has 1 aromatic carbocycles. The second-order valence-corrected chi connectivity index (χ2v) is 6.26. The Morgan fingerprint density at radius 2 is 1.94 bits per heavy atom. The molecule has 2 unspecified atom stereocenters. The van der Waals surface area contributed by atoms with Gasteiger partial charge in [-0.3, -0.25) is 0 Å². The Balaban J connectivity index is 2.44. The summed E-state index contributed by atoms with van der Waals surface area (Å²) in [5.74, 6) is -0.618. The van der Waals surface area contributed by atoms with Crippen molar-refractivity contribution in [3.63, 3.8) is 0 Å².